The molecule has 0 spiro atoms. The lowest BCUT2D eigenvalue weighted by atomic mass is 10.3. The molecule has 0 fully saturated rings. The predicted molar refractivity (Wildman–Crippen MR) is 68.9 cm³/mol. The van der Waals surface area contributed by atoms with E-state index in [0.717, 1.165) is 17.1 Å². The number of hydrogen-bond donors (Lipinski definition) is 2. The highest BCUT2D eigenvalue weighted by Crippen LogP contribution is 2.17. The lowest BCUT2D eigenvalue weighted by Crippen LogP contribution is -2.18. The van der Waals surface area contributed by atoms with Crippen molar-refractivity contribution in [2.75, 3.05) is 5.43 Å². The van der Waals surface area contributed by atoms with Gasteiger partial charge in [0, 0.05) is 12.6 Å². The molecule has 0 aromatic carbocycles. The highest BCUT2D eigenvalue weighted by molar-refractivity contribution is 8.11. The monoisotopic (exact) mass is 246 g/mol. The average Bonchev–Trinajstić information content (AvgIpc) is 2.44. The number of nitrogens with one attached hydrogen (secondary N) is 1. The van der Waals surface area contributed by atoms with Crippen LogP contribution in [0.1, 0.15) is 12.6 Å². The van der Waals surface area contributed by atoms with Crippen LogP contribution in [0.3, 0.4) is 0 Å². The molecule has 0 aliphatic heterocycles. The van der Waals surface area contributed by atoms with E-state index < -0.39 is 0 Å². The third kappa shape index (κ3) is 3.04. The minimum atomic E-state index is 0.416. The predicted octanol–water partition coefficient (Wildman–Crippen LogP) is 3.02. The first-order chi connectivity index (χ1) is 6.65. The van der Waals surface area contributed by atoms with Crippen molar-refractivity contribution in [2.24, 2.45) is 0 Å². The zero-order chi connectivity index (χ0) is 10.6. The molecule has 0 saturated carbocycles. The Labute approximate surface area is 99.3 Å². The van der Waals surface area contributed by atoms with Gasteiger partial charge in [0.15, 0.2) is 0 Å². The number of hydrogen-bond acceptors (Lipinski definition) is 1. The SMILES string of the molecule is CC=CCc1c(Cl)ccn1NC(=S)S. The van der Waals surface area contributed by atoms with Crippen molar-refractivity contribution >= 4 is 40.8 Å². The third-order valence-corrected chi connectivity index (χ3v) is 2.23. The first-order valence-electron chi connectivity index (χ1n) is 4.12. The van der Waals surface area contributed by atoms with Gasteiger partial charge in [-0.1, -0.05) is 36.0 Å². The molecule has 0 unspecified atom stereocenters. The standard InChI is InChI=1S/C9H11ClN2S2/c1-2-3-4-8-7(10)5-6-12(8)11-9(13)14/h2-3,5-6H,4H2,1H3,(H2,11,13,14). The molecule has 0 bridgehead atoms. The summed E-state index contributed by atoms with van der Waals surface area (Å²) in [6.07, 6.45) is 6.60. The summed E-state index contributed by atoms with van der Waals surface area (Å²) in [7, 11) is 0. The Hall–Kier alpha value is -0.450. The van der Waals surface area contributed by atoms with E-state index in [1.165, 1.54) is 0 Å². The van der Waals surface area contributed by atoms with Crippen LogP contribution >= 0.6 is 36.4 Å². The van der Waals surface area contributed by atoms with Gasteiger partial charge in [-0.2, -0.15) is 0 Å². The molecule has 1 N–H and O–H groups in total. The van der Waals surface area contributed by atoms with Crippen molar-refractivity contribution in [3.05, 3.63) is 35.1 Å². The van der Waals surface area contributed by atoms with Gasteiger partial charge in [0.05, 0.1) is 10.7 Å². The fraction of sp³-hybridized carbons (Fsp3) is 0.222. The molecule has 0 aliphatic carbocycles. The Bertz CT molecular complexity index is 358. The van der Waals surface area contributed by atoms with Crippen LogP contribution < -0.4 is 5.43 Å². The summed E-state index contributed by atoms with van der Waals surface area (Å²) >= 11 is 14.8. The van der Waals surface area contributed by atoms with Crippen LogP contribution in [-0.2, 0) is 6.42 Å². The van der Waals surface area contributed by atoms with Crippen LogP contribution in [0.15, 0.2) is 24.4 Å². The Morgan fingerprint density at radius 2 is 2.50 bits per heavy atom. The van der Waals surface area contributed by atoms with Gasteiger partial charge in [-0.3, -0.25) is 10.1 Å². The number of allylic oxidation sites excluding steroid dienone is 2. The van der Waals surface area contributed by atoms with E-state index in [9.17, 15) is 0 Å². The Balaban J connectivity index is 2.87. The van der Waals surface area contributed by atoms with E-state index >= 15 is 0 Å². The topological polar surface area (TPSA) is 17.0 Å². The highest BCUT2D eigenvalue weighted by Gasteiger charge is 2.05. The zero-order valence-electron chi connectivity index (χ0n) is 7.70. The minimum Gasteiger partial charge on any atom is -0.279 e. The molecular weight excluding hydrogens is 236 g/mol. The molecule has 0 atom stereocenters. The number of aromatic nitrogens is 1. The maximum Gasteiger partial charge on any atom is 0.149 e. The fourth-order valence-corrected chi connectivity index (χ4v) is 1.50. The number of rotatable bonds is 3. The maximum atomic E-state index is 6.00. The normalized spacial score (nSPS) is 10.8. The van der Waals surface area contributed by atoms with E-state index in [1.54, 1.807) is 4.68 Å². The molecule has 0 radical (unpaired) electrons. The van der Waals surface area contributed by atoms with Crippen LogP contribution in [0, 0.1) is 0 Å². The van der Waals surface area contributed by atoms with Crippen LogP contribution in [0.5, 0.6) is 0 Å². The summed E-state index contributed by atoms with van der Waals surface area (Å²) in [5, 5.41) is 0.722. The smallest absolute Gasteiger partial charge is 0.149 e. The molecule has 2 nitrogen and oxygen atoms in total. The summed E-state index contributed by atoms with van der Waals surface area (Å²) in [5.74, 6) is 0. The van der Waals surface area contributed by atoms with Gasteiger partial charge in [-0.25, -0.2) is 0 Å². The van der Waals surface area contributed by atoms with Crippen LogP contribution in [-0.4, -0.2) is 9.00 Å². The molecular formula is C9H11ClN2S2. The lowest BCUT2D eigenvalue weighted by molar-refractivity contribution is 0.915. The number of thiol groups is 1. The summed E-state index contributed by atoms with van der Waals surface area (Å²) in [6.45, 7) is 1.97. The maximum absolute atomic E-state index is 6.00. The van der Waals surface area contributed by atoms with Gasteiger partial charge < -0.3 is 0 Å². The van der Waals surface area contributed by atoms with E-state index in [2.05, 4.69) is 18.1 Å². The van der Waals surface area contributed by atoms with Crippen molar-refractivity contribution < 1.29 is 0 Å². The summed E-state index contributed by atoms with van der Waals surface area (Å²) < 4.78 is 2.19. The van der Waals surface area contributed by atoms with Crippen LogP contribution in [0.25, 0.3) is 0 Å². The first-order valence-corrected chi connectivity index (χ1v) is 5.35. The molecule has 1 rings (SSSR count). The van der Waals surface area contributed by atoms with E-state index in [0.29, 0.717) is 4.32 Å². The van der Waals surface area contributed by atoms with Crippen molar-refractivity contribution in [1.82, 2.24) is 4.68 Å². The van der Waals surface area contributed by atoms with Gasteiger partial charge in [-0.05, 0) is 13.0 Å². The summed E-state index contributed by atoms with van der Waals surface area (Å²) in [5.41, 5.74) is 3.87. The molecule has 5 heteroatoms. The quantitative estimate of drug-likeness (QED) is 0.485. The number of halogens is 1. The Morgan fingerprint density at radius 3 is 3.07 bits per heavy atom. The average molecular weight is 247 g/mol. The van der Waals surface area contributed by atoms with E-state index in [4.69, 9.17) is 23.8 Å². The second kappa shape index (κ2) is 5.44. The first kappa shape index (κ1) is 11.6. The molecule has 1 aromatic rings. The van der Waals surface area contributed by atoms with E-state index in [-0.39, 0.29) is 0 Å². The third-order valence-electron chi connectivity index (χ3n) is 1.70. The second-order valence-electron chi connectivity index (χ2n) is 2.67. The van der Waals surface area contributed by atoms with Crippen molar-refractivity contribution in [1.29, 1.82) is 0 Å². The van der Waals surface area contributed by atoms with Crippen molar-refractivity contribution in [3.8, 4) is 0 Å². The summed E-state index contributed by atoms with van der Waals surface area (Å²) in [4.78, 5) is 0. The molecule has 0 amide bonds. The number of thiocarbonyl (C=S) groups is 1. The Morgan fingerprint density at radius 1 is 1.79 bits per heavy atom. The molecule has 0 aliphatic rings. The largest absolute Gasteiger partial charge is 0.279 e. The van der Waals surface area contributed by atoms with Crippen molar-refractivity contribution in [3.63, 3.8) is 0 Å². The molecule has 1 aromatic heterocycles. The van der Waals surface area contributed by atoms with Crippen LogP contribution in [0.4, 0.5) is 0 Å². The van der Waals surface area contributed by atoms with Gasteiger partial charge in [0.1, 0.15) is 4.32 Å². The van der Waals surface area contributed by atoms with E-state index in [1.807, 2.05) is 31.3 Å². The van der Waals surface area contributed by atoms with Gasteiger partial charge in [0.25, 0.3) is 0 Å². The van der Waals surface area contributed by atoms with Gasteiger partial charge in [0.2, 0.25) is 0 Å². The molecule has 76 valence electrons. The highest BCUT2D eigenvalue weighted by atomic mass is 35.5. The lowest BCUT2D eigenvalue weighted by Gasteiger charge is -2.08. The van der Waals surface area contributed by atoms with Gasteiger partial charge >= 0.3 is 0 Å². The Kier molecular flexibility index (Phi) is 4.51. The number of nitrogens with zero attached hydrogens (tertiary/aromatic N) is 1. The van der Waals surface area contributed by atoms with Gasteiger partial charge in [-0.15, -0.1) is 12.6 Å². The zero-order valence-corrected chi connectivity index (χ0v) is 10.2. The fourth-order valence-electron chi connectivity index (χ4n) is 1.07. The molecule has 0 saturated heterocycles. The molecule has 14 heavy (non-hydrogen) atoms. The summed E-state index contributed by atoms with van der Waals surface area (Å²) in [6, 6.07) is 1.82. The molecule has 1 heterocycles. The van der Waals surface area contributed by atoms with Crippen molar-refractivity contribution in [2.45, 2.75) is 13.3 Å². The minimum absolute atomic E-state index is 0.416. The van der Waals surface area contributed by atoms with Crippen LogP contribution in [0.2, 0.25) is 5.02 Å². The second-order valence-corrected chi connectivity index (χ2v) is 4.24.